The Labute approximate surface area is 74.1 Å². The smallest absolute Gasteiger partial charge is 0.0114 e. The van der Waals surface area contributed by atoms with Crippen molar-refractivity contribution in [1.82, 2.24) is 10.6 Å². The van der Waals surface area contributed by atoms with Crippen LogP contribution in [0.15, 0.2) is 0 Å². The molecule has 2 aliphatic carbocycles. The zero-order valence-corrected chi connectivity index (χ0v) is 7.55. The molecule has 2 aliphatic heterocycles. The van der Waals surface area contributed by atoms with E-state index >= 15 is 0 Å². The highest BCUT2D eigenvalue weighted by Crippen LogP contribution is 2.39. The molecule has 2 saturated carbocycles. The van der Waals surface area contributed by atoms with Gasteiger partial charge in [-0.15, -0.1) is 0 Å². The summed E-state index contributed by atoms with van der Waals surface area (Å²) in [5.74, 6) is 1.99. The van der Waals surface area contributed by atoms with Crippen LogP contribution in [0.3, 0.4) is 0 Å². The van der Waals surface area contributed by atoms with Crippen molar-refractivity contribution >= 4 is 0 Å². The molecule has 0 spiro atoms. The molecule has 0 amide bonds. The number of hydrogen-bond acceptors (Lipinski definition) is 2. The minimum absolute atomic E-state index is 0.877. The third kappa shape index (κ3) is 1.01. The molecule has 0 radical (unpaired) electrons. The van der Waals surface area contributed by atoms with Crippen molar-refractivity contribution in [3.63, 3.8) is 0 Å². The van der Waals surface area contributed by atoms with Crippen LogP contribution in [0.2, 0.25) is 0 Å². The summed E-state index contributed by atoms with van der Waals surface area (Å²) in [6.07, 6.45) is 5.76. The molecule has 2 nitrogen and oxygen atoms in total. The molecule has 0 aromatic rings. The average molecular weight is 166 g/mol. The van der Waals surface area contributed by atoms with Gasteiger partial charge in [0.25, 0.3) is 0 Å². The van der Waals surface area contributed by atoms with Crippen LogP contribution in [-0.2, 0) is 0 Å². The second-order valence-corrected chi connectivity index (χ2v) is 4.71. The number of hydrogen-bond donors (Lipinski definition) is 2. The maximum atomic E-state index is 3.68. The monoisotopic (exact) mass is 166 g/mol. The molecule has 2 heteroatoms. The Balaban J connectivity index is 1.44. The molecular formula is C10H18N2. The van der Waals surface area contributed by atoms with E-state index in [1.165, 1.54) is 38.8 Å². The van der Waals surface area contributed by atoms with Crippen molar-refractivity contribution in [3.05, 3.63) is 0 Å². The van der Waals surface area contributed by atoms with Crippen LogP contribution in [0.5, 0.6) is 0 Å². The molecule has 4 aliphatic rings. The first-order valence-electron chi connectivity index (χ1n) is 5.40. The zero-order valence-electron chi connectivity index (χ0n) is 7.55. The van der Waals surface area contributed by atoms with Crippen molar-refractivity contribution < 1.29 is 0 Å². The summed E-state index contributed by atoms with van der Waals surface area (Å²) < 4.78 is 0. The molecule has 2 N–H and O–H groups in total. The van der Waals surface area contributed by atoms with Gasteiger partial charge in [-0.2, -0.15) is 0 Å². The van der Waals surface area contributed by atoms with Gasteiger partial charge >= 0.3 is 0 Å². The Kier molecular flexibility index (Phi) is 1.66. The fraction of sp³-hybridized carbons (Fsp3) is 1.00. The summed E-state index contributed by atoms with van der Waals surface area (Å²) in [5, 5.41) is 7.25. The van der Waals surface area contributed by atoms with Gasteiger partial charge in [0, 0.05) is 18.6 Å². The third-order valence-corrected chi connectivity index (χ3v) is 4.07. The third-order valence-electron chi connectivity index (χ3n) is 4.07. The van der Waals surface area contributed by atoms with Gasteiger partial charge in [-0.05, 0) is 37.6 Å². The van der Waals surface area contributed by atoms with Crippen LogP contribution in [0, 0.1) is 11.8 Å². The standard InChI is InChI=1S/C10H18N2/c1-2-8(3-1)11-6-9-7-4-10(9)12-5-7/h7-12H,1-6H2. The molecule has 0 aromatic heterocycles. The first kappa shape index (κ1) is 7.34. The quantitative estimate of drug-likeness (QED) is 0.646. The van der Waals surface area contributed by atoms with Gasteiger partial charge in [-0.25, -0.2) is 0 Å². The lowest BCUT2D eigenvalue weighted by Gasteiger charge is -2.37. The Morgan fingerprint density at radius 2 is 2.25 bits per heavy atom. The van der Waals surface area contributed by atoms with E-state index < -0.39 is 0 Å². The highest BCUT2D eigenvalue weighted by atomic mass is 15.1. The van der Waals surface area contributed by atoms with Gasteiger partial charge < -0.3 is 10.6 Å². The SMILES string of the molecule is C1CC(NCC2C3CNC2C3)C1. The van der Waals surface area contributed by atoms with E-state index in [-0.39, 0.29) is 0 Å². The van der Waals surface area contributed by atoms with Crippen LogP contribution in [0.25, 0.3) is 0 Å². The van der Waals surface area contributed by atoms with E-state index in [9.17, 15) is 0 Å². The molecule has 3 atom stereocenters. The first-order chi connectivity index (χ1) is 5.93. The van der Waals surface area contributed by atoms with Crippen LogP contribution >= 0.6 is 0 Å². The lowest BCUT2D eigenvalue weighted by atomic mass is 9.73. The van der Waals surface area contributed by atoms with E-state index in [1.807, 2.05) is 0 Å². The molecule has 4 fully saturated rings. The van der Waals surface area contributed by atoms with E-state index in [4.69, 9.17) is 0 Å². The van der Waals surface area contributed by atoms with Crippen LogP contribution in [-0.4, -0.2) is 25.2 Å². The minimum atomic E-state index is 0.877. The summed E-state index contributed by atoms with van der Waals surface area (Å²) in [4.78, 5) is 0. The van der Waals surface area contributed by atoms with Gasteiger partial charge in [-0.1, -0.05) is 6.42 Å². The Hall–Kier alpha value is -0.0800. The summed E-state index contributed by atoms with van der Waals surface area (Å²) in [7, 11) is 0. The molecule has 2 heterocycles. The summed E-state index contributed by atoms with van der Waals surface area (Å²) in [6, 6.07) is 1.76. The van der Waals surface area contributed by atoms with Crippen molar-refractivity contribution in [2.24, 2.45) is 11.8 Å². The van der Waals surface area contributed by atoms with Crippen molar-refractivity contribution in [3.8, 4) is 0 Å². The summed E-state index contributed by atoms with van der Waals surface area (Å²) in [5.41, 5.74) is 0. The van der Waals surface area contributed by atoms with Crippen LogP contribution in [0.1, 0.15) is 25.7 Å². The predicted octanol–water partition coefficient (Wildman–Crippen LogP) is 0.736. The summed E-state index contributed by atoms with van der Waals surface area (Å²) >= 11 is 0. The second-order valence-electron chi connectivity index (χ2n) is 4.71. The van der Waals surface area contributed by atoms with Crippen molar-refractivity contribution in [2.45, 2.75) is 37.8 Å². The number of nitrogens with one attached hydrogen (secondary N) is 2. The molecule has 0 aromatic carbocycles. The first-order valence-corrected chi connectivity index (χ1v) is 5.40. The maximum absolute atomic E-state index is 3.68. The lowest BCUT2D eigenvalue weighted by molar-refractivity contribution is 0.190. The van der Waals surface area contributed by atoms with Gasteiger partial charge in [0.05, 0.1) is 0 Å². The molecule has 2 saturated heterocycles. The van der Waals surface area contributed by atoms with Crippen molar-refractivity contribution in [2.75, 3.05) is 13.1 Å². The molecule has 3 unspecified atom stereocenters. The Morgan fingerprint density at radius 3 is 2.75 bits per heavy atom. The highest BCUT2D eigenvalue weighted by Gasteiger charge is 2.46. The lowest BCUT2D eigenvalue weighted by Crippen LogP contribution is -2.47. The average Bonchev–Trinajstić information content (AvgIpc) is 2.52. The molecule has 4 rings (SSSR count). The van der Waals surface area contributed by atoms with Crippen LogP contribution in [0.4, 0.5) is 0 Å². The second kappa shape index (κ2) is 2.71. The number of fused-ring (bicyclic) bond motifs is 1. The maximum Gasteiger partial charge on any atom is 0.0114 e. The predicted molar refractivity (Wildman–Crippen MR) is 49.0 cm³/mol. The fourth-order valence-electron chi connectivity index (χ4n) is 2.80. The van der Waals surface area contributed by atoms with Gasteiger partial charge in [-0.3, -0.25) is 0 Å². The Morgan fingerprint density at radius 1 is 1.33 bits per heavy atom. The van der Waals surface area contributed by atoms with E-state index in [0.29, 0.717) is 0 Å². The minimum Gasteiger partial charge on any atom is -0.314 e. The highest BCUT2D eigenvalue weighted by molar-refractivity contribution is 5.03. The molecule has 2 bridgehead atoms. The zero-order chi connectivity index (χ0) is 7.97. The van der Waals surface area contributed by atoms with Crippen molar-refractivity contribution in [1.29, 1.82) is 0 Å². The molecular weight excluding hydrogens is 148 g/mol. The van der Waals surface area contributed by atoms with Gasteiger partial charge in [0.1, 0.15) is 0 Å². The number of rotatable bonds is 3. The normalized spacial score (nSPS) is 45.5. The Bertz CT molecular complexity index is 163. The van der Waals surface area contributed by atoms with Crippen LogP contribution < -0.4 is 10.6 Å². The fourth-order valence-corrected chi connectivity index (χ4v) is 2.80. The molecule has 68 valence electrons. The molecule has 12 heavy (non-hydrogen) atoms. The van der Waals surface area contributed by atoms with Gasteiger partial charge in [0.2, 0.25) is 0 Å². The van der Waals surface area contributed by atoms with E-state index in [2.05, 4.69) is 10.6 Å². The summed E-state index contributed by atoms with van der Waals surface area (Å²) in [6.45, 7) is 2.58. The van der Waals surface area contributed by atoms with Gasteiger partial charge in [0.15, 0.2) is 0 Å². The van der Waals surface area contributed by atoms with E-state index in [0.717, 1.165) is 23.9 Å². The topological polar surface area (TPSA) is 24.1 Å². The largest absolute Gasteiger partial charge is 0.314 e. The van der Waals surface area contributed by atoms with E-state index in [1.54, 1.807) is 0 Å².